The van der Waals surface area contributed by atoms with Crippen molar-refractivity contribution >= 4 is 18.1 Å². The maximum Gasteiger partial charge on any atom is 0.0758 e. The van der Waals surface area contributed by atoms with E-state index in [1.807, 2.05) is 22.6 Å². The monoisotopic (exact) mass is 283 g/mol. The first kappa shape index (κ1) is 15.6. The summed E-state index contributed by atoms with van der Waals surface area (Å²) in [5.41, 5.74) is 4.57. The number of aryl methyl sites for hydroxylation is 3. The molecule has 0 aliphatic heterocycles. The van der Waals surface area contributed by atoms with E-state index in [0.717, 1.165) is 36.6 Å². The molecular weight excluding hydrogens is 262 g/mol. The molecule has 0 aromatic carbocycles. The highest BCUT2D eigenvalue weighted by Crippen LogP contribution is 2.15. The topological polar surface area (TPSA) is 47.7 Å². The van der Waals surface area contributed by atoms with E-state index < -0.39 is 0 Å². The van der Waals surface area contributed by atoms with Gasteiger partial charge in [-0.3, -0.25) is 9.36 Å². The molecule has 0 aliphatic rings. The van der Waals surface area contributed by atoms with Crippen LogP contribution in [0.4, 0.5) is 5.69 Å². The molecule has 0 atom stereocenters. The lowest BCUT2D eigenvalue weighted by molar-refractivity contribution is 0.598. The van der Waals surface area contributed by atoms with Crippen LogP contribution >= 0.6 is 12.4 Å². The minimum absolute atomic E-state index is 0. The van der Waals surface area contributed by atoms with E-state index in [9.17, 15) is 0 Å². The number of hydrogen-bond donors (Lipinski definition) is 1. The molecule has 0 spiro atoms. The van der Waals surface area contributed by atoms with Gasteiger partial charge in [-0.25, -0.2) is 0 Å². The highest BCUT2D eigenvalue weighted by atomic mass is 35.5. The van der Waals surface area contributed by atoms with Crippen molar-refractivity contribution < 1.29 is 0 Å². The van der Waals surface area contributed by atoms with E-state index in [1.165, 1.54) is 5.56 Å². The van der Waals surface area contributed by atoms with Crippen LogP contribution in [0.25, 0.3) is 0 Å². The van der Waals surface area contributed by atoms with E-state index in [1.54, 1.807) is 0 Å². The van der Waals surface area contributed by atoms with Crippen molar-refractivity contribution in [3.05, 3.63) is 29.3 Å². The Morgan fingerprint density at radius 2 is 2.05 bits per heavy atom. The van der Waals surface area contributed by atoms with Crippen LogP contribution in [0, 0.1) is 13.8 Å². The molecule has 0 saturated heterocycles. The molecule has 6 heteroatoms. The van der Waals surface area contributed by atoms with Crippen LogP contribution in [0.15, 0.2) is 12.4 Å². The SMILES string of the molecule is CCCn1cc(CNc2cnn(C)c2C)c(C)n1.Cl. The fourth-order valence-electron chi connectivity index (χ4n) is 1.94. The molecule has 0 aliphatic carbocycles. The number of halogens is 1. The Morgan fingerprint density at radius 3 is 2.63 bits per heavy atom. The second kappa shape index (κ2) is 6.61. The van der Waals surface area contributed by atoms with Crippen LogP contribution in [0.3, 0.4) is 0 Å². The highest BCUT2D eigenvalue weighted by molar-refractivity contribution is 5.85. The zero-order chi connectivity index (χ0) is 13.1. The van der Waals surface area contributed by atoms with Crippen molar-refractivity contribution in [2.75, 3.05) is 5.32 Å². The van der Waals surface area contributed by atoms with Gasteiger partial charge in [-0.15, -0.1) is 12.4 Å². The van der Waals surface area contributed by atoms with Crippen LogP contribution in [-0.2, 0) is 20.1 Å². The average molecular weight is 284 g/mol. The van der Waals surface area contributed by atoms with Gasteiger partial charge in [0.25, 0.3) is 0 Å². The van der Waals surface area contributed by atoms with E-state index in [4.69, 9.17) is 0 Å². The van der Waals surface area contributed by atoms with Crippen molar-refractivity contribution in [1.82, 2.24) is 19.6 Å². The molecule has 2 heterocycles. The molecule has 5 nitrogen and oxygen atoms in total. The van der Waals surface area contributed by atoms with Gasteiger partial charge in [-0.2, -0.15) is 10.2 Å². The minimum atomic E-state index is 0. The second-order valence-electron chi connectivity index (χ2n) is 4.62. The Balaban J connectivity index is 0.00000180. The molecule has 19 heavy (non-hydrogen) atoms. The summed E-state index contributed by atoms with van der Waals surface area (Å²) in [4.78, 5) is 0. The van der Waals surface area contributed by atoms with E-state index in [0.29, 0.717) is 0 Å². The molecular formula is C13H22ClN5. The lowest BCUT2D eigenvalue weighted by Gasteiger charge is -2.04. The lowest BCUT2D eigenvalue weighted by Crippen LogP contribution is -2.01. The van der Waals surface area contributed by atoms with Gasteiger partial charge >= 0.3 is 0 Å². The van der Waals surface area contributed by atoms with Gasteiger partial charge in [-0.1, -0.05) is 6.92 Å². The number of nitrogens with one attached hydrogen (secondary N) is 1. The van der Waals surface area contributed by atoms with E-state index in [-0.39, 0.29) is 12.4 Å². The Kier molecular flexibility index (Phi) is 5.42. The molecule has 0 amide bonds. The second-order valence-corrected chi connectivity index (χ2v) is 4.62. The molecule has 0 bridgehead atoms. The number of nitrogens with zero attached hydrogens (tertiary/aromatic N) is 4. The predicted octanol–water partition coefficient (Wildman–Crippen LogP) is 2.68. The molecule has 106 valence electrons. The summed E-state index contributed by atoms with van der Waals surface area (Å²) in [5.74, 6) is 0. The van der Waals surface area contributed by atoms with Crippen LogP contribution in [-0.4, -0.2) is 19.6 Å². The number of anilines is 1. The first-order valence-corrected chi connectivity index (χ1v) is 6.37. The standard InChI is InChI=1S/C13H21N5.ClH/c1-5-6-18-9-12(10(2)16-18)7-14-13-8-15-17(4)11(13)3;/h8-9,14H,5-7H2,1-4H3;1H. The molecule has 0 unspecified atom stereocenters. The zero-order valence-corrected chi connectivity index (χ0v) is 12.8. The van der Waals surface area contributed by atoms with Gasteiger partial charge in [0.1, 0.15) is 0 Å². The van der Waals surface area contributed by atoms with Crippen molar-refractivity contribution in [2.24, 2.45) is 7.05 Å². The Morgan fingerprint density at radius 1 is 1.32 bits per heavy atom. The van der Waals surface area contributed by atoms with Crippen molar-refractivity contribution in [3.8, 4) is 0 Å². The van der Waals surface area contributed by atoms with Gasteiger partial charge in [0.2, 0.25) is 0 Å². The molecule has 1 N–H and O–H groups in total. The van der Waals surface area contributed by atoms with E-state index in [2.05, 4.69) is 42.5 Å². The van der Waals surface area contributed by atoms with Gasteiger partial charge in [-0.05, 0) is 20.3 Å². The Labute approximate surface area is 120 Å². The van der Waals surface area contributed by atoms with Crippen LogP contribution in [0.2, 0.25) is 0 Å². The summed E-state index contributed by atoms with van der Waals surface area (Å²) < 4.78 is 3.89. The molecule has 2 aromatic rings. The van der Waals surface area contributed by atoms with Gasteiger partial charge in [0, 0.05) is 31.9 Å². The summed E-state index contributed by atoms with van der Waals surface area (Å²) in [6, 6.07) is 0. The zero-order valence-electron chi connectivity index (χ0n) is 12.0. The summed E-state index contributed by atoms with van der Waals surface area (Å²) >= 11 is 0. The summed E-state index contributed by atoms with van der Waals surface area (Å²) in [7, 11) is 1.95. The third-order valence-electron chi connectivity index (χ3n) is 3.21. The lowest BCUT2D eigenvalue weighted by atomic mass is 10.2. The van der Waals surface area contributed by atoms with Crippen LogP contribution < -0.4 is 5.32 Å². The molecule has 0 fully saturated rings. The smallest absolute Gasteiger partial charge is 0.0758 e. The minimum Gasteiger partial charge on any atom is -0.378 e. The Bertz CT molecular complexity index is 529. The fourth-order valence-corrected chi connectivity index (χ4v) is 1.94. The van der Waals surface area contributed by atoms with Crippen LogP contribution in [0.5, 0.6) is 0 Å². The molecule has 0 radical (unpaired) electrons. The van der Waals surface area contributed by atoms with Crippen LogP contribution in [0.1, 0.15) is 30.3 Å². The average Bonchev–Trinajstić information content (AvgIpc) is 2.83. The maximum absolute atomic E-state index is 4.50. The summed E-state index contributed by atoms with van der Waals surface area (Å²) in [6.45, 7) is 8.05. The first-order valence-electron chi connectivity index (χ1n) is 6.37. The fraction of sp³-hybridized carbons (Fsp3) is 0.538. The largest absolute Gasteiger partial charge is 0.378 e. The van der Waals surface area contributed by atoms with Crippen molar-refractivity contribution in [2.45, 2.75) is 40.3 Å². The molecule has 2 rings (SSSR count). The van der Waals surface area contributed by atoms with Gasteiger partial charge in [0.05, 0.1) is 23.3 Å². The number of aromatic nitrogens is 4. The molecule has 2 aromatic heterocycles. The first-order chi connectivity index (χ1) is 8.61. The third-order valence-corrected chi connectivity index (χ3v) is 3.21. The summed E-state index contributed by atoms with van der Waals surface area (Å²) in [5, 5.41) is 12.1. The quantitative estimate of drug-likeness (QED) is 0.918. The number of rotatable bonds is 5. The van der Waals surface area contributed by atoms with Gasteiger partial charge in [0.15, 0.2) is 0 Å². The predicted molar refractivity (Wildman–Crippen MR) is 79.8 cm³/mol. The summed E-state index contributed by atoms with van der Waals surface area (Å²) in [6.07, 6.45) is 5.09. The highest BCUT2D eigenvalue weighted by Gasteiger charge is 2.07. The van der Waals surface area contributed by atoms with E-state index >= 15 is 0 Å². The number of hydrogen-bond acceptors (Lipinski definition) is 3. The molecule has 0 saturated carbocycles. The maximum atomic E-state index is 4.50. The third kappa shape index (κ3) is 3.50. The Hall–Kier alpha value is -1.49. The van der Waals surface area contributed by atoms with Gasteiger partial charge < -0.3 is 5.32 Å². The normalized spacial score (nSPS) is 10.3. The van der Waals surface area contributed by atoms with Crippen molar-refractivity contribution in [3.63, 3.8) is 0 Å². The van der Waals surface area contributed by atoms with Crippen molar-refractivity contribution in [1.29, 1.82) is 0 Å².